The van der Waals surface area contributed by atoms with Crippen LogP contribution in [0.3, 0.4) is 0 Å². The van der Waals surface area contributed by atoms with Gasteiger partial charge in [0, 0.05) is 18.6 Å². The molecule has 0 aromatic rings. The summed E-state index contributed by atoms with van der Waals surface area (Å²) in [6.45, 7) is 3.65. The molecule has 0 aromatic carbocycles. The normalized spacial score (nSPS) is 40.4. The van der Waals surface area contributed by atoms with Gasteiger partial charge in [-0.15, -0.1) is 0 Å². The van der Waals surface area contributed by atoms with Gasteiger partial charge in [0.2, 0.25) is 0 Å². The van der Waals surface area contributed by atoms with E-state index in [-0.39, 0.29) is 17.6 Å². The van der Waals surface area contributed by atoms with Crippen molar-refractivity contribution in [3.8, 4) is 0 Å². The molecule has 2 fully saturated rings. The predicted molar refractivity (Wildman–Crippen MR) is 68.7 cm³/mol. The van der Waals surface area contributed by atoms with E-state index in [0.29, 0.717) is 6.54 Å². The van der Waals surface area contributed by atoms with E-state index in [2.05, 4.69) is 6.92 Å². The number of nitrogens with two attached hydrogens (primary N) is 1. The van der Waals surface area contributed by atoms with Crippen LogP contribution in [0.2, 0.25) is 0 Å². The Morgan fingerprint density at radius 3 is 2.82 bits per heavy atom. The van der Waals surface area contributed by atoms with Crippen LogP contribution in [0.25, 0.3) is 0 Å². The number of hydrogen-bond acceptors (Lipinski definition) is 3. The summed E-state index contributed by atoms with van der Waals surface area (Å²) in [6.07, 6.45) is 7.63. The lowest BCUT2D eigenvalue weighted by molar-refractivity contribution is -0.0926. The molecule has 1 aliphatic heterocycles. The largest absolute Gasteiger partial charge is 0.390 e. The fourth-order valence-electron chi connectivity index (χ4n) is 3.69. The Morgan fingerprint density at radius 2 is 2.24 bits per heavy atom. The van der Waals surface area contributed by atoms with Crippen LogP contribution in [0.15, 0.2) is 0 Å². The van der Waals surface area contributed by atoms with Crippen molar-refractivity contribution in [2.45, 2.75) is 64.1 Å². The minimum absolute atomic E-state index is 0.0363. The molecule has 1 saturated carbocycles. The smallest absolute Gasteiger partial charge is 0.0870 e. The number of hydrogen-bond donors (Lipinski definition) is 2. The molecule has 1 saturated heterocycles. The summed E-state index contributed by atoms with van der Waals surface area (Å²) in [5.74, 6) is 0.739. The van der Waals surface area contributed by atoms with Crippen molar-refractivity contribution in [2.24, 2.45) is 17.1 Å². The third-order valence-electron chi connectivity index (χ3n) is 4.91. The van der Waals surface area contributed by atoms with Crippen LogP contribution < -0.4 is 5.73 Å². The molecule has 0 radical (unpaired) electrons. The van der Waals surface area contributed by atoms with E-state index in [0.717, 1.165) is 38.2 Å². The standard InChI is InChI=1S/C14H27NO2/c1-2-11-5-3-7-14(9-11,10-15)13(16)12-6-4-8-17-12/h11-13,16H,2-10,15H2,1H3. The minimum Gasteiger partial charge on any atom is -0.390 e. The molecule has 3 nitrogen and oxygen atoms in total. The zero-order valence-corrected chi connectivity index (χ0v) is 11.0. The van der Waals surface area contributed by atoms with E-state index in [4.69, 9.17) is 10.5 Å². The average Bonchev–Trinajstić information content (AvgIpc) is 2.91. The molecular formula is C14H27NO2. The van der Waals surface area contributed by atoms with Gasteiger partial charge in [-0.2, -0.15) is 0 Å². The summed E-state index contributed by atoms with van der Waals surface area (Å²) in [5.41, 5.74) is 5.93. The van der Waals surface area contributed by atoms with Gasteiger partial charge < -0.3 is 15.6 Å². The molecule has 2 rings (SSSR count). The van der Waals surface area contributed by atoms with Gasteiger partial charge in [0.1, 0.15) is 0 Å². The number of aliphatic hydroxyl groups is 1. The lowest BCUT2D eigenvalue weighted by Gasteiger charge is -2.45. The maximum atomic E-state index is 10.6. The summed E-state index contributed by atoms with van der Waals surface area (Å²) in [7, 11) is 0. The molecule has 2 aliphatic rings. The maximum Gasteiger partial charge on any atom is 0.0870 e. The highest BCUT2D eigenvalue weighted by atomic mass is 16.5. The summed E-state index contributed by atoms with van der Waals surface area (Å²) in [6, 6.07) is 0. The second-order valence-electron chi connectivity index (χ2n) is 5.93. The lowest BCUT2D eigenvalue weighted by atomic mass is 9.64. The topological polar surface area (TPSA) is 55.5 Å². The fourth-order valence-corrected chi connectivity index (χ4v) is 3.69. The van der Waals surface area contributed by atoms with Crippen molar-refractivity contribution in [3.63, 3.8) is 0 Å². The van der Waals surface area contributed by atoms with Crippen LogP contribution in [0.5, 0.6) is 0 Å². The van der Waals surface area contributed by atoms with Crippen molar-refractivity contribution in [1.82, 2.24) is 0 Å². The third kappa shape index (κ3) is 2.67. The molecule has 4 atom stereocenters. The molecule has 3 N–H and O–H groups in total. The second kappa shape index (κ2) is 5.68. The lowest BCUT2D eigenvalue weighted by Crippen LogP contribution is -2.50. The number of rotatable bonds is 4. The van der Waals surface area contributed by atoms with Crippen molar-refractivity contribution in [1.29, 1.82) is 0 Å². The Hall–Kier alpha value is -0.120. The number of aliphatic hydroxyl groups excluding tert-OH is 1. The van der Waals surface area contributed by atoms with Gasteiger partial charge in [-0.1, -0.05) is 26.2 Å². The van der Waals surface area contributed by atoms with Crippen LogP contribution in [0.1, 0.15) is 51.9 Å². The Balaban J connectivity index is 2.06. The van der Waals surface area contributed by atoms with Gasteiger partial charge in [0.25, 0.3) is 0 Å². The van der Waals surface area contributed by atoms with Gasteiger partial charge in [-0.3, -0.25) is 0 Å². The first-order chi connectivity index (χ1) is 8.22. The first kappa shape index (κ1) is 13.3. The maximum absolute atomic E-state index is 10.6. The summed E-state index contributed by atoms with van der Waals surface area (Å²) >= 11 is 0. The predicted octanol–water partition coefficient (Wildman–Crippen LogP) is 2.07. The van der Waals surface area contributed by atoms with Gasteiger partial charge >= 0.3 is 0 Å². The van der Waals surface area contributed by atoms with Gasteiger partial charge in [-0.05, 0) is 31.6 Å². The molecule has 0 bridgehead atoms. The molecule has 1 heterocycles. The van der Waals surface area contributed by atoms with Crippen molar-refractivity contribution in [3.05, 3.63) is 0 Å². The van der Waals surface area contributed by atoms with Crippen LogP contribution in [0.4, 0.5) is 0 Å². The van der Waals surface area contributed by atoms with Crippen LogP contribution in [0, 0.1) is 11.3 Å². The number of ether oxygens (including phenoxy) is 1. The minimum atomic E-state index is -0.357. The SMILES string of the molecule is CCC1CCCC(CN)(C(O)C2CCCO2)C1. The van der Waals surface area contributed by atoms with Crippen molar-refractivity contribution < 1.29 is 9.84 Å². The van der Waals surface area contributed by atoms with Crippen LogP contribution in [-0.2, 0) is 4.74 Å². The highest BCUT2D eigenvalue weighted by Crippen LogP contribution is 2.44. The molecule has 4 unspecified atom stereocenters. The van der Waals surface area contributed by atoms with Crippen molar-refractivity contribution >= 4 is 0 Å². The highest BCUT2D eigenvalue weighted by Gasteiger charge is 2.45. The molecule has 1 aliphatic carbocycles. The Bertz CT molecular complexity index is 240. The van der Waals surface area contributed by atoms with E-state index < -0.39 is 0 Å². The molecule has 100 valence electrons. The molecular weight excluding hydrogens is 214 g/mol. The summed E-state index contributed by atoms with van der Waals surface area (Å²) in [4.78, 5) is 0. The Morgan fingerprint density at radius 1 is 1.41 bits per heavy atom. The first-order valence-electron chi connectivity index (χ1n) is 7.21. The average molecular weight is 241 g/mol. The van der Waals surface area contributed by atoms with Gasteiger partial charge in [0.15, 0.2) is 0 Å². The highest BCUT2D eigenvalue weighted by molar-refractivity contribution is 4.96. The zero-order valence-electron chi connectivity index (χ0n) is 11.0. The van der Waals surface area contributed by atoms with Crippen LogP contribution >= 0.6 is 0 Å². The third-order valence-corrected chi connectivity index (χ3v) is 4.91. The van der Waals surface area contributed by atoms with E-state index in [1.165, 1.54) is 19.3 Å². The fraction of sp³-hybridized carbons (Fsp3) is 1.00. The van der Waals surface area contributed by atoms with Crippen molar-refractivity contribution in [2.75, 3.05) is 13.2 Å². The molecule has 3 heteroatoms. The Kier molecular flexibility index (Phi) is 4.45. The molecule has 0 amide bonds. The van der Waals surface area contributed by atoms with Gasteiger partial charge in [0.05, 0.1) is 12.2 Å². The Labute approximate surface area is 105 Å². The van der Waals surface area contributed by atoms with E-state index in [9.17, 15) is 5.11 Å². The van der Waals surface area contributed by atoms with E-state index >= 15 is 0 Å². The monoisotopic (exact) mass is 241 g/mol. The first-order valence-corrected chi connectivity index (χ1v) is 7.21. The van der Waals surface area contributed by atoms with Gasteiger partial charge in [-0.25, -0.2) is 0 Å². The van der Waals surface area contributed by atoms with Crippen LogP contribution in [-0.4, -0.2) is 30.5 Å². The zero-order chi connectivity index (χ0) is 12.3. The quantitative estimate of drug-likeness (QED) is 0.792. The second-order valence-corrected chi connectivity index (χ2v) is 5.93. The molecule has 17 heavy (non-hydrogen) atoms. The van der Waals surface area contributed by atoms with E-state index in [1.54, 1.807) is 0 Å². The summed E-state index contributed by atoms with van der Waals surface area (Å²) < 4.78 is 5.66. The molecule has 0 spiro atoms. The summed E-state index contributed by atoms with van der Waals surface area (Å²) in [5, 5.41) is 10.6. The molecule has 0 aromatic heterocycles. The van der Waals surface area contributed by atoms with E-state index in [1.807, 2.05) is 0 Å².